The summed E-state index contributed by atoms with van der Waals surface area (Å²) < 4.78 is 0. The molecule has 0 spiro atoms. The lowest BCUT2D eigenvalue weighted by Gasteiger charge is -2.21. The van der Waals surface area contributed by atoms with Gasteiger partial charge in [0, 0.05) is 11.6 Å². The fourth-order valence-corrected chi connectivity index (χ4v) is 3.57. The second kappa shape index (κ2) is 7.04. The van der Waals surface area contributed by atoms with E-state index < -0.39 is 0 Å². The van der Waals surface area contributed by atoms with E-state index in [2.05, 4.69) is 23.1 Å². The van der Waals surface area contributed by atoms with Gasteiger partial charge in [0.1, 0.15) is 0 Å². The minimum absolute atomic E-state index is 0.619. The van der Waals surface area contributed by atoms with Crippen LogP contribution in [0.1, 0.15) is 24.0 Å². The Hall–Kier alpha value is -0.690. The number of thioether (sulfide) groups is 1. The number of hydrogen-bond acceptors (Lipinski definition) is 3. The third-order valence-corrected chi connectivity index (χ3v) is 4.67. The third kappa shape index (κ3) is 3.91. The molecule has 1 aromatic carbocycles. The third-order valence-electron chi connectivity index (χ3n) is 3.27. The minimum atomic E-state index is 0.619. The number of hydrogen-bond donors (Lipinski definition) is 1. The van der Waals surface area contributed by atoms with Gasteiger partial charge in [0.25, 0.3) is 0 Å². The maximum Gasteiger partial charge on any atom is 0.0992 e. The highest BCUT2D eigenvalue weighted by molar-refractivity contribution is 7.99. The minimum Gasteiger partial charge on any atom is -0.312 e. The van der Waals surface area contributed by atoms with Gasteiger partial charge < -0.3 is 5.32 Å². The fourth-order valence-electron chi connectivity index (χ4n) is 2.12. The molecule has 1 aliphatic heterocycles. The molecule has 1 N–H and O–H groups in total. The maximum absolute atomic E-state index is 8.77. The molecule has 4 heteroatoms. The van der Waals surface area contributed by atoms with Gasteiger partial charge in [-0.3, -0.25) is 0 Å². The van der Waals surface area contributed by atoms with Gasteiger partial charge in [-0.2, -0.15) is 17.0 Å². The van der Waals surface area contributed by atoms with Crippen LogP contribution in [0.15, 0.2) is 18.2 Å². The van der Waals surface area contributed by atoms with Gasteiger partial charge in [0.05, 0.1) is 11.6 Å². The molecule has 0 amide bonds. The SMILES string of the molecule is N#Cc1ccc(CNCC2CCSCC2)c(Cl)c1. The van der Waals surface area contributed by atoms with E-state index in [9.17, 15) is 0 Å². The average molecular weight is 281 g/mol. The quantitative estimate of drug-likeness (QED) is 0.918. The number of nitriles is 1. The molecule has 18 heavy (non-hydrogen) atoms. The lowest BCUT2D eigenvalue weighted by atomic mass is 10.0. The Morgan fingerprint density at radius 3 is 2.83 bits per heavy atom. The summed E-state index contributed by atoms with van der Waals surface area (Å²) >= 11 is 8.19. The summed E-state index contributed by atoms with van der Waals surface area (Å²) in [5.41, 5.74) is 1.69. The Kier molecular flexibility index (Phi) is 5.37. The molecule has 0 atom stereocenters. The van der Waals surface area contributed by atoms with Crippen LogP contribution in [0, 0.1) is 17.2 Å². The number of benzene rings is 1. The van der Waals surface area contributed by atoms with Gasteiger partial charge in [-0.15, -0.1) is 0 Å². The van der Waals surface area contributed by atoms with Crippen molar-refractivity contribution in [1.29, 1.82) is 5.26 Å². The van der Waals surface area contributed by atoms with Crippen molar-refractivity contribution in [3.63, 3.8) is 0 Å². The monoisotopic (exact) mass is 280 g/mol. The first-order valence-electron chi connectivity index (χ1n) is 6.26. The molecule has 1 aliphatic rings. The van der Waals surface area contributed by atoms with Crippen molar-refractivity contribution in [3.05, 3.63) is 34.3 Å². The van der Waals surface area contributed by atoms with Crippen molar-refractivity contribution in [2.24, 2.45) is 5.92 Å². The molecule has 0 aliphatic carbocycles. The number of nitrogens with zero attached hydrogens (tertiary/aromatic N) is 1. The molecular weight excluding hydrogens is 264 g/mol. The summed E-state index contributed by atoms with van der Waals surface area (Å²) in [6, 6.07) is 7.58. The number of nitrogens with one attached hydrogen (secondary N) is 1. The van der Waals surface area contributed by atoms with Crippen LogP contribution in [0.2, 0.25) is 5.02 Å². The van der Waals surface area contributed by atoms with Crippen molar-refractivity contribution in [1.82, 2.24) is 5.32 Å². The van der Waals surface area contributed by atoms with Gasteiger partial charge in [-0.25, -0.2) is 0 Å². The van der Waals surface area contributed by atoms with Crippen molar-refractivity contribution in [2.45, 2.75) is 19.4 Å². The first kappa shape index (κ1) is 13.7. The molecule has 1 heterocycles. The zero-order valence-corrected chi connectivity index (χ0v) is 11.9. The molecule has 1 fully saturated rings. The molecule has 96 valence electrons. The predicted octanol–water partition coefficient (Wildman–Crippen LogP) is 3.44. The van der Waals surface area contributed by atoms with Crippen LogP contribution in [0.4, 0.5) is 0 Å². The first-order chi connectivity index (χ1) is 8.79. The van der Waals surface area contributed by atoms with E-state index in [1.165, 1.54) is 24.3 Å². The van der Waals surface area contributed by atoms with Crippen LogP contribution in [-0.2, 0) is 6.54 Å². The number of rotatable bonds is 4. The summed E-state index contributed by atoms with van der Waals surface area (Å²) in [6.07, 6.45) is 2.64. The summed E-state index contributed by atoms with van der Waals surface area (Å²) in [6.45, 7) is 1.85. The maximum atomic E-state index is 8.77. The fraction of sp³-hybridized carbons (Fsp3) is 0.500. The Balaban J connectivity index is 1.81. The Bertz CT molecular complexity index is 436. The van der Waals surface area contributed by atoms with Crippen LogP contribution in [-0.4, -0.2) is 18.1 Å². The Labute approximate surface area is 118 Å². The Morgan fingerprint density at radius 2 is 2.17 bits per heavy atom. The summed E-state index contributed by atoms with van der Waals surface area (Å²) in [4.78, 5) is 0. The van der Waals surface area contributed by atoms with Gasteiger partial charge in [0.15, 0.2) is 0 Å². The van der Waals surface area contributed by atoms with E-state index >= 15 is 0 Å². The highest BCUT2D eigenvalue weighted by Crippen LogP contribution is 2.22. The van der Waals surface area contributed by atoms with Crippen molar-refractivity contribution in [2.75, 3.05) is 18.1 Å². The predicted molar refractivity (Wildman–Crippen MR) is 77.9 cm³/mol. The molecule has 2 nitrogen and oxygen atoms in total. The molecule has 0 bridgehead atoms. The Morgan fingerprint density at radius 1 is 1.39 bits per heavy atom. The van der Waals surface area contributed by atoms with Crippen molar-refractivity contribution < 1.29 is 0 Å². The lowest BCUT2D eigenvalue weighted by Crippen LogP contribution is -2.25. The summed E-state index contributed by atoms with van der Waals surface area (Å²) in [5.74, 6) is 3.40. The van der Waals surface area contributed by atoms with E-state index in [1.807, 2.05) is 12.1 Å². The van der Waals surface area contributed by atoms with Crippen LogP contribution < -0.4 is 5.32 Å². The van der Waals surface area contributed by atoms with Gasteiger partial charge in [-0.05, 0) is 54.5 Å². The number of halogens is 1. The van der Waals surface area contributed by atoms with Crippen LogP contribution in [0.25, 0.3) is 0 Å². The van der Waals surface area contributed by atoms with Crippen molar-refractivity contribution in [3.8, 4) is 6.07 Å². The topological polar surface area (TPSA) is 35.8 Å². The highest BCUT2D eigenvalue weighted by atomic mass is 35.5. The van der Waals surface area contributed by atoms with Crippen LogP contribution >= 0.6 is 23.4 Å². The van der Waals surface area contributed by atoms with E-state index in [-0.39, 0.29) is 0 Å². The lowest BCUT2D eigenvalue weighted by molar-refractivity contribution is 0.448. The first-order valence-corrected chi connectivity index (χ1v) is 7.80. The zero-order valence-electron chi connectivity index (χ0n) is 10.3. The zero-order chi connectivity index (χ0) is 12.8. The molecule has 1 aromatic rings. The van der Waals surface area contributed by atoms with Gasteiger partial charge >= 0.3 is 0 Å². The van der Waals surface area contributed by atoms with Gasteiger partial charge in [0.2, 0.25) is 0 Å². The smallest absolute Gasteiger partial charge is 0.0992 e. The van der Waals surface area contributed by atoms with E-state index in [0.29, 0.717) is 10.6 Å². The van der Waals surface area contributed by atoms with Crippen molar-refractivity contribution >= 4 is 23.4 Å². The van der Waals surface area contributed by atoms with E-state index in [4.69, 9.17) is 16.9 Å². The average Bonchev–Trinajstić information content (AvgIpc) is 2.42. The van der Waals surface area contributed by atoms with Crippen LogP contribution in [0.5, 0.6) is 0 Å². The molecular formula is C14H17ClN2S. The molecule has 0 radical (unpaired) electrons. The highest BCUT2D eigenvalue weighted by Gasteiger charge is 2.13. The second-order valence-corrected chi connectivity index (χ2v) is 6.24. The van der Waals surface area contributed by atoms with Crippen LogP contribution in [0.3, 0.4) is 0 Å². The van der Waals surface area contributed by atoms with E-state index in [1.54, 1.807) is 6.07 Å². The molecule has 0 aromatic heterocycles. The molecule has 0 unspecified atom stereocenters. The largest absolute Gasteiger partial charge is 0.312 e. The normalized spacial score (nSPS) is 16.4. The summed E-state index contributed by atoms with van der Waals surface area (Å²) in [5, 5.41) is 12.9. The standard InChI is InChI=1S/C14H17ClN2S/c15-14-7-12(8-16)1-2-13(14)10-17-9-11-3-5-18-6-4-11/h1-2,7,11,17H,3-6,9-10H2. The molecule has 2 rings (SSSR count). The molecule has 0 saturated carbocycles. The second-order valence-electron chi connectivity index (χ2n) is 4.60. The summed E-state index contributed by atoms with van der Waals surface area (Å²) in [7, 11) is 0. The van der Waals surface area contributed by atoms with E-state index in [0.717, 1.165) is 24.6 Å². The van der Waals surface area contributed by atoms with Gasteiger partial charge in [-0.1, -0.05) is 17.7 Å². The molecule has 1 saturated heterocycles.